The summed E-state index contributed by atoms with van der Waals surface area (Å²) in [5.41, 5.74) is 2.46. The summed E-state index contributed by atoms with van der Waals surface area (Å²) in [6, 6.07) is 0. The summed E-state index contributed by atoms with van der Waals surface area (Å²) in [7, 11) is 0. The molecule has 0 nitrogen and oxygen atoms in total. The van der Waals surface area contributed by atoms with Gasteiger partial charge in [0.05, 0.1) is 0 Å². The van der Waals surface area contributed by atoms with Gasteiger partial charge in [0.2, 0.25) is 0 Å². The predicted octanol–water partition coefficient (Wildman–Crippen LogP) is 5.91. The number of hydrogen-bond donors (Lipinski definition) is 0. The molecule has 114 valence electrons. The minimum Gasteiger partial charge on any atom is -0.0591 e. The van der Waals surface area contributed by atoms with Gasteiger partial charge in [-0.2, -0.15) is 0 Å². The van der Waals surface area contributed by atoms with E-state index in [-0.39, 0.29) is 0 Å². The van der Waals surface area contributed by atoms with Gasteiger partial charge in [-0.15, -0.1) is 0 Å². The Bertz CT molecular complexity index is 403. The molecule has 4 bridgehead atoms. The molecular formula is C20H34. The predicted molar refractivity (Wildman–Crippen MR) is 85.4 cm³/mol. The number of rotatable bonds is 1. The van der Waals surface area contributed by atoms with Gasteiger partial charge in [-0.1, -0.05) is 41.5 Å². The molecule has 20 heavy (non-hydrogen) atoms. The first-order chi connectivity index (χ1) is 9.14. The van der Waals surface area contributed by atoms with Gasteiger partial charge in [-0.05, 0) is 83.9 Å². The van der Waals surface area contributed by atoms with E-state index in [0.29, 0.717) is 21.7 Å². The molecule has 0 amide bonds. The lowest BCUT2D eigenvalue weighted by Gasteiger charge is -2.49. The lowest BCUT2D eigenvalue weighted by Crippen LogP contribution is -2.42. The van der Waals surface area contributed by atoms with Crippen molar-refractivity contribution < 1.29 is 0 Å². The van der Waals surface area contributed by atoms with E-state index in [2.05, 4.69) is 41.5 Å². The first-order valence-corrected chi connectivity index (χ1v) is 9.14. The van der Waals surface area contributed by atoms with Gasteiger partial charge in [-0.25, -0.2) is 0 Å². The van der Waals surface area contributed by atoms with Gasteiger partial charge in [0, 0.05) is 0 Å². The van der Waals surface area contributed by atoms with E-state index in [0.717, 1.165) is 23.7 Å². The molecule has 0 heterocycles. The molecule has 4 rings (SSSR count). The average molecular weight is 274 g/mol. The average Bonchev–Trinajstić information content (AvgIpc) is 2.87. The zero-order valence-corrected chi connectivity index (χ0v) is 14.6. The van der Waals surface area contributed by atoms with E-state index in [1.54, 1.807) is 12.8 Å². The van der Waals surface area contributed by atoms with Crippen LogP contribution in [0.3, 0.4) is 0 Å². The lowest BCUT2D eigenvalue weighted by molar-refractivity contribution is -0.00634. The van der Waals surface area contributed by atoms with Crippen molar-refractivity contribution in [1.29, 1.82) is 0 Å². The summed E-state index contributed by atoms with van der Waals surface area (Å²) in [6.07, 6.45) is 9.13. The summed E-state index contributed by atoms with van der Waals surface area (Å²) >= 11 is 0. The topological polar surface area (TPSA) is 0 Å². The minimum absolute atomic E-state index is 0.597. The smallest absolute Gasteiger partial charge is 0.0241 e. The Morgan fingerprint density at radius 3 is 1.15 bits per heavy atom. The fourth-order valence-corrected chi connectivity index (χ4v) is 7.75. The van der Waals surface area contributed by atoms with E-state index in [1.807, 2.05) is 0 Å². The van der Waals surface area contributed by atoms with Crippen molar-refractivity contribution in [3.8, 4) is 0 Å². The van der Waals surface area contributed by atoms with E-state index < -0.39 is 0 Å². The quantitative estimate of drug-likeness (QED) is 0.557. The fourth-order valence-electron chi connectivity index (χ4n) is 7.75. The van der Waals surface area contributed by atoms with Crippen LogP contribution in [0.4, 0.5) is 0 Å². The van der Waals surface area contributed by atoms with Crippen LogP contribution >= 0.6 is 0 Å². The van der Waals surface area contributed by atoms with Crippen molar-refractivity contribution in [1.82, 2.24) is 0 Å². The molecule has 4 aliphatic carbocycles. The highest BCUT2D eigenvalue weighted by molar-refractivity contribution is 5.18. The second-order valence-electron chi connectivity index (χ2n) is 10.4. The van der Waals surface area contributed by atoms with Gasteiger partial charge >= 0.3 is 0 Å². The van der Waals surface area contributed by atoms with Gasteiger partial charge < -0.3 is 0 Å². The molecule has 0 aromatic heterocycles. The Morgan fingerprint density at radius 1 is 0.600 bits per heavy atom. The van der Waals surface area contributed by atoms with Crippen LogP contribution in [0.1, 0.15) is 80.1 Å². The summed E-state index contributed by atoms with van der Waals surface area (Å²) in [5, 5.41) is 0. The van der Waals surface area contributed by atoms with Crippen LogP contribution < -0.4 is 0 Å². The molecule has 0 N–H and O–H groups in total. The molecule has 0 radical (unpaired) electrons. The zero-order chi connectivity index (χ0) is 14.6. The molecule has 6 atom stereocenters. The van der Waals surface area contributed by atoms with Crippen molar-refractivity contribution in [3.05, 3.63) is 0 Å². The first kappa shape index (κ1) is 13.6. The third-order valence-corrected chi connectivity index (χ3v) is 10.2. The van der Waals surface area contributed by atoms with Gasteiger partial charge in [0.1, 0.15) is 0 Å². The standard InChI is InChI=1S/C20H34/c1-17(2)13-7-9-19(17,5)15(11-13)16-12-14-8-10-20(16,6)18(14,3)4/h13-16H,7-12H2,1-6H3. The molecule has 4 aliphatic rings. The van der Waals surface area contributed by atoms with E-state index in [1.165, 1.54) is 25.7 Å². The Kier molecular flexibility index (Phi) is 2.38. The summed E-state index contributed by atoms with van der Waals surface area (Å²) in [6.45, 7) is 15.7. The zero-order valence-electron chi connectivity index (χ0n) is 14.6. The molecule has 0 aromatic carbocycles. The molecule has 0 spiro atoms. The molecule has 6 unspecified atom stereocenters. The summed E-state index contributed by atoms with van der Waals surface area (Å²) < 4.78 is 0. The Morgan fingerprint density at radius 2 is 0.950 bits per heavy atom. The van der Waals surface area contributed by atoms with Crippen LogP contribution in [0.15, 0.2) is 0 Å². The minimum atomic E-state index is 0.597. The maximum Gasteiger partial charge on any atom is -0.0241 e. The number of fused-ring (bicyclic) bond motifs is 4. The molecular weight excluding hydrogens is 240 g/mol. The monoisotopic (exact) mass is 274 g/mol. The highest BCUT2D eigenvalue weighted by Crippen LogP contribution is 2.77. The van der Waals surface area contributed by atoms with Crippen LogP contribution in [0, 0.1) is 45.3 Å². The summed E-state index contributed by atoms with van der Waals surface area (Å²) in [5.74, 6) is 4.07. The van der Waals surface area contributed by atoms with Gasteiger partial charge in [0.15, 0.2) is 0 Å². The van der Waals surface area contributed by atoms with Crippen molar-refractivity contribution in [2.24, 2.45) is 45.3 Å². The second kappa shape index (κ2) is 3.49. The molecule has 0 aromatic rings. The van der Waals surface area contributed by atoms with E-state index in [9.17, 15) is 0 Å². The van der Waals surface area contributed by atoms with Gasteiger partial charge in [-0.3, -0.25) is 0 Å². The molecule has 4 fully saturated rings. The van der Waals surface area contributed by atoms with Crippen molar-refractivity contribution in [2.45, 2.75) is 80.1 Å². The second-order valence-corrected chi connectivity index (χ2v) is 10.4. The van der Waals surface area contributed by atoms with Crippen LogP contribution in [-0.4, -0.2) is 0 Å². The van der Waals surface area contributed by atoms with Crippen LogP contribution in [0.5, 0.6) is 0 Å². The van der Waals surface area contributed by atoms with Gasteiger partial charge in [0.25, 0.3) is 0 Å². The molecule has 0 heteroatoms. The highest BCUT2D eigenvalue weighted by Gasteiger charge is 2.69. The van der Waals surface area contributed by atoms with E-state index >= 15 is 0 Å². The Hall–Kier alpha value is 0. The molecule has 0 aliphatic heterocycles. The number of hydrogen-bond acceptors (Lipinski definition) is 0. The molecule has 0 saturated heterocycles. The Labute approximate surface area is 126 Å². The van der Waals surface area contributed by atoms with Crippen molar-refractivity contribution >= 4 is 0 Å². The Balaban J connectivity index is 1.72. The first-order valence-electron chi connectivity index (χ1n) is 9.14. The SMILES string of the molecule is CC1(C)C2CCC1(C)C(C1CC3CCC1(C)C3(C)C)C2. The largest absolute Gasteiger partial charge is 0.0591 e. The summed E-state index contributed by atoms with van der Waals surface area (Å²) in [4.78, 5) is 0. The normalized spacial score (nSPS) is 58.5. The van der Waals surface area contributed by atoms with Crippen molar-refractivity contribution in [2.75, 3.05) is 0 Å². The van der Waals surface area contributed by atoms with Crippen LogP contribution in [0.25, 0.3) is 0 Å². The van der Waals surface area contributed by atoms with Crippen LogP contribution in [0.2, 0.25) is 0 Å². The highest BCUT2D eigenvalue weighted by atomic mass is 14.7. The fraction of sp³-hybridized carbons (Fsp3) is 1.00. The van der Waals surface area contributed by atoms with E-state index in [4.69, 9.17) is 0 Å². The molecule has 4 saturated carbocycles. The maximum atomic E-state index is 2.66. The van der Waals surface area contributed by atoms with Crippen LogP contribution in [-0.2, 0) is 0 Å². The third kappa shape index (κ3) is 1.19. The lowest BCUT2D eigenvalue weighted by atomic mass is 9.56. The third-order valence-electron chi connectivity index (χ3n) is 10.2. The maximum absolute atomic E-state index is 2.66. The van der Waals surface area contributed by atoms with Crippen molar-refractivity contribution in [3.63, 3.8) is 0 Å².